The van der Waals surface area contributed by atoms with E-state index in [0.29, 0.717) is 22.3 Å². The number of halogens is 2. The van der Waals surface area contributed by atoms with Gasteiger partial charge >= 0.3 is 0 Å². The van der Waals surface area contributed by atoms with Gasteiger partial charge in [-0.25, -0.2) is 8.78 Å². The topological polar surface area (TPSA) is 84.9 Å². The van der Waals surface area contributed by atoms with Gasteiger partial charge < -0.3 is 5.11 Å². The first kappa shape index (κ1) is 26.0. The summed E-state index contributed by atoms with van der Waals surface area (Å²) in [6.45, 7) is 0. The lowest BCUT2D eigenvalue weighted by Gasteiger charge is -2.53. The first-order valence-electron chi connectivity index (χ1n) is 12.5. The Morgan fingerprint density at radius 3 is 1.74 bits per heavy atom. The van der Waals surface area contributed by atoms with E-state index in [2.05, 4.69) is 12.1 Å². The highest BCUT2D eigenvalue weighted by Crippen LogP contribution is 2.63. The predicted molar refractivity (Wildman–Crippen MR) is 141 cm³/mol. The number of rotatable bonds is 5. The zero-order valence-corrected chi connectivity index (χ0v) is 20.8. The number of nitrogens with zero attached hydrogens (tertiary/aromatic N) is 2. The van der Waals surface area contributed by atoms with Gasteiger partial charge in [0.05, 0.1) is 18.1 Å². The summed E-state index contributed by atoms with van der Waals surface area (Å²) in [5.41, 5.74) is -2.08. The average Bonchev–Trinajstić information content (AvgIpc) is 2.98. The molecule has 0 bridgehead atoms. The van der Waals surface area contributed by atoms with Crippen LogP contribution < -0.4 is 0 Å². The molecule has 4 aromatic rings. The first-order valence-corrected chi connectivity index (χ1v) is 12.5. The van der Waals surface area contributed by atoms with Crippen LogP contribution in [0.5, 0.6) is 0 Å². The number of carbonyl (C=O) groups excluding carboxylic acids is 1. The van der Waals surface area contributed by atoms with E-state index in [0.717, 1.165) is 0 Å². The molecule has 0 spiro atoms. The van der Waals surface area contributed by atoms with Crippen LogP contribution in [0.4, 0.5) is 8.78 Å². The molecule has 0 heterocycles. The minimum Gasteiger partial charge on any atom is -0.384 e. The highest BCUT2D eigenvalue weighted by molar-refractivity contribution is 5.99. The lowest BCUT2D eigenvalue weighted by molar-refractivity contribution is -0.0783. The van der Waals surface area contributed by atoms with Gasteiger partial charge in [-0.2, -0.15) is 10.5 Å². The number of ketones is 1. The van der Waals surface area contributed by atoms with Gasteiger partial charge in [-0.3, -0.25) is 4.79 Å². The summed E-state index contributed by atoms with van der Waals surface area (Å²) >= 11 is 0. The van der Waals surface area contributed by atoms with E-state index in [1.807, 2.05) is 0 Å². The highest BCUT2D eigenvalue weighted by Gasteiger charge is 2.64. The van der Waals surface area contributed by atoms with Crippen molar-refractivity contribution in [3.05, 3.63) is 143 Å². The zero-order chi connectivity index (χ0) is 27.6. The Hall–Kier alpha value is -4.65. The van der Waals surface area contributed by atoms with E-state index in [9.17, 15) is 29.2 Å². The second-order valence-electron chi connectivity index (χ2n) is 9.93. The van der Waals surface area contributed by atoms with Crippen LogP contribution in [-0.4, -0.2) is 10.9 Å². The molecular formula is C33H24F2N2O2. The molecule has 1 N–H and O–H groups in total. The average molecular weight is 519 g/mol. The van der Waals surface area contributed by atoms with Crippen LogP contribution >= 0.6 is 0 Å². The molecule has 0 aromatic heterocycles. The van der Waals surface area contributed by atoms with Crippen molar-refractivity contribution in [2.45, 2.75) is 23.9 Å². The van der Waals surface area contributed by atoms with E-state index >= 15 is 0 Å². The molecule has 1 saturated carbocycles. The molecule has 39 heavy (non-hydrogen) atoms. The number of benzene rings is 4. The highest BCUT2D eigenvalue weighted by atomic mass is 19.1. The molecule has 0 saturated heterocycles. The summed E-state index contributed by atoms with van der Waals surface area (Å²) in [6.07, 6.45) is -0.148. The second-order valence-corrected chi connectivity index (χ2v) is 9.93. The van der Waals surface area contributed by atoms with Crippen molar-refractivity contribution in [3.63, 3.8) is 0 Å². The summed E-state index contributed by atoms with van der Waals surface area (Å²) in [5, 5.41) is 34.1. The Morgan fingerprint density at radius 2 is 1.23 bits per heavy atom. The van der Waals surface area contributed by atoms with Crippen LogP contribution in [-0.2, 0) is 5.60 Å². The molecule has 1 aliphatic carbocycles. The van der Waals surface area contributed by atoms with Crippen molar-refractivity contribution in [2.24, 2.45) is 11.3 Å². The van der Waals surface area contributed by atoms with E-state index in [-0.39, 0.29) is 6.42 Å². The lowest BCUT2D eigenvalue weighted by Crippen LogP contribution is -2.55. The molecule has 1 aliphatic rings. The monoisotopic (exact) mass is 518 g/mol. The third-order valence-electron chi connectivity index (χ3n) is 7.89. The number of hydrogen-bond acceptors (Lipinski definition) is 4. The Balaban J connectivity index is 1.85. The Kier molecular flexibility index (Phi) is 6.83. The molecular weight excluding hydrogens is 494 g/mol. The van der Waals surface area contributed by atoms with Gasteiger partial charge in [-0.05, 0) is 47.4 Å². The Bertz CT molecular complexity index is 1550. The minimum atomic E-state index is -1.86. The van der Waals surface area contributed by atoms with Gasteiger partial charge in [-0.1, -0.05) is 84.9 Å². The van der Waals surface area contributed by atoms with E-state index in [4.69, 9.17) is 0 Å². The molecule has 4 aromatic carbocycles. The Morgan fingerprint density at radius 1 is 0.744 bits per heavy atom. The SMILES string of the molecule is N#CC1(C#N)[C@H](c2ccc(F)cc2)[C@H](C(=O)c2ccccc2)[C@@](O)(c2ccccc2)C[C@H]1c1ccc(F)cc1. The fraction of sp³-hybridized carbons (Fsp3) is 0.182. The molecule has 4 atom stereocenters. The second kappa shape index (κ2) is 10.3. The van der Waals surface area contributed by atoms with Crippen LogP contribution in [0.1, 0.15) is 45.3 Å². The zero-order valence-electron chi connectivity index (χ0n) is 20.8. The van der Waals surface area contributed by atoms with Gasteiger partial charge in [0.15, 0.2) is 11.2 Å². The van der Waals surface area contributed by atoms with Crippen LogP contribution in [0, 0.1) is 45.6 Å². The van der Waals surface area contributed by atoms with Crippen LogP contribution in [0.2, 0.25) is 0 Å². The van der Waals surface area contributed by atoms with E-state index < -0.39 is 46.2 Å². The molecule has 192 valence electrons. The van der Waals surface area contributed by atoms with Crippen molar-refractivity contribution in [1.29, 1.82) is 10.5 Å². The maximum Gasteiger partial charge on any atom is 0.169 e. The van der Waals surface area contributed by atoms with Crippen molar-refractivity contribution in [2.75, 3.05) is 0 Å². The normalized spacial score (nSPS) is 23.8. The standard InChI is InChI=1S/C33H24F2N2O2/c34-26-15-11-22(12-16-26)28-19-33(39,25-9-5-2-6-10-25)30(31(38)24-7-3-1-4-8-24)29(32(28,20-36)21-37)23-13-17-27(35)18-14-23/h1-18,28-30,39H,19H2/t28-,29+,30+,33-/m0/s1. The molecule has 6 heteroatoms. The molecule has 4 nitrogen and oxygen atoms in total. The molecule has 5 rings (SSSR count). The quantitative estimate of drug-likeness (QED) is 0.300. The van der Waals surface area contributed by atoms with Gasteiger partial charge in [0.2, 0.25) is 0 Å². The lowest BCUT2D eigenvalue weighted by atomic mass is 9.48. The maximum atomic E-state index is 14.3. The molecule has 0 radical (unpaired) electrons. The van der Waals surface area contributed by atoms with Crippen LogP contribution in [0.3, 0.4) is 0 Å². The van der Waals surface area contributed by atoms with Gasteiger partial charge in [0.1, 0.15) is 17.2 Å². The van der Waals surface area contributed by atoms with Gasteiger partial charge in [-0.15, -0.1) is 0 Å². The fourth-order valence-corrected chi connectivity index (χ4v) is 6.05. The van der Waals surface area contributed by atoms with Crippen LogP contribution in [0.15, 0.2) is 109 Å². The molecule has 0 amide bonds. The number of aliphatic hydroxyl groups is 1. The van der Waals surface area contributed by atoms with Crippen molar-refractivity contribution < 1.29 is 18.7 Å². The van der Waals surface area contributed by atoms with Gasteiger partial charge in [0.25, 0.3) is 0 Å². The Labute approximate surface area is 225 Å². The number of hydrogen-bond donors (Lipinski definition) is 1. The molecule has 0 unspecified atom stereocenters. The molecule has 1 fully saturated rings. The molecule has 0 aliphatic heterocycles. The van der Waals surface area contributed by atoms with Crippen LogP contribution in [0.25, 0.3) is 0 Å². The summed E-state index contributed by atoms with van der Waals surface area (Å²) in [4.78, 5) is 14.3. The predicted octanol–water partition coefficient (Wildman–Crippen LogP) is 6.66. The largest absolute Gasteiger partial charge is 0.384 e. The number of carbonyl (C=O) groups is 1. The van der Waals surface area contributed by atoms with Crippen molar-refractivity contribution >= 4 is 5.78 Å². The third-order valence-corrected chi connectivity index (χ3v) is 7.89. The maximum absolute atomic E-state index is 14.3. The first-order chi connectivity index (χ1) is 18.8. The number of Topliss-reactive ketones (excluding diaryl/α,β-unsaturated/α-hetero) is 1. The fourth-order valence-electron chi connectivity index (χ4n) is 6.05. The van der Waals surface area contributed by atoms with Gasteiger partial charge in [0, 0.05) is 17.4 Å². The van der Waals surface area contributed by atoms with E-state index in [1.54, 1.807) is 60.7 Å². The van der Waals surface area contributed by atoms with Crippen molar-refractivity contribution in [1.82, 2.24) is 0 Å². The smallest absolute Gasteiger partial charge is 0.169 e. The summed E-state index contributed by atoms with van der Waals surface area (Å²) < 4.78 is 27.9. The summed E-state index contributed by atoms with van der Waals surface area (Å²) in [7, 11) is 0. The number of nitriles is 2. The summed E-state index contributed by atoms with van der Waals surface area (Å²) in [5.74, 6) is -4.79. The minimum absolute atomic E-state index is 0.148. The third kappa shape index (κ3) is 4.40. The van der Waals surface area contributed by atoms with Crippen molar-refractivity contribution in [3.8, 4) is 12.1 Å². The van der Waals surface area contributed by atoms with E-state index in [1.165, 1.54) is 48.5 Å². The summed E-state index contributed by atoms with van der Waals surface area (Å²) in [6, 6.07) is 32.3.